The van der Waals surface area contributed by atoms with Crippen LogP contribution in [-0.4, -0.2) is 17.7 Å². The van der Waals surface area contributed by atoms with Crippen molar-refractivity contribution >= 4 is 23.1 Å². The fraction of sp³-hybridized carbons (Fsp3) is 0.125. The van der Waals surface area contributed by atoms with Crippen LogP contribution < -0.4 is 10.1 Å². The maximum atomic E-state index is 12.3. The number of thiophene rings is 1. The van der Waals surface area contributed by atoms with Crippen LogP contribution in [0.3, 0.4) is 0 Å². The molecule has 0 aliphatic heterocycles. The fourth-order valence-electron chi connectivity index (χ4n) is 2.00. The van der Waals surface area contributed by atoms with E-state index in [1.54, 1.807) is 35.6 Å². The zero-order chi connectivity index (χ0) is 15.4. The highest BCUT2D eigenvalue weighted by atomic mass is 32.1. The SMILES string of the molecule is CCOc1ccccc1C(=O)Nc1cc(-c2ccsc2)no1. The predicted octanol–water partition coefficient (Wildman–Crippen LogP) is 4.05. The third-order valence-electron chi connectivity index (χ3n) is 3.00. The van der Waals surface area contributed by atoms with Gasteiger partial charge in [-0.15, -0.1) is 0 Å². The molecule has 0 spiro atoms. The maximum Gasteiger partial charge on any atom is 0.261 e. The Balaban J connectivity index is 1.77. The van der Waals surface area contributed by atoms with Gasteiger partial charge in [-0.05, 0) is 30.5 Å². The van der Waals surface area contributed by atoms with Gasteiger partial charge in [0.1, 0.15) is 11.4 Å². The molecule has 0 atom stereocenters. The molecule has 0 saturated heterocycles. The first-order chi connectivity index (χ1) is 10.8. The van der Waals surface area contributed by atoms with Gasteiger partial charge in [-0.2, -0.15) is 11.3 Å². The van der Waals surface area contributed by atoms with Gasteiger partial charge in [0, 0.05) is 17.0 Å². The van der Waals surface area contributed by atoms with Crippen molar-refractivity contribution in [2.45, 2.75) is 6.92 Å². The largest absolute Gasteiger partial charge is 0.493 e. The quantitative estimate of drug-likeness (QED) is 0.771. The molecule has 112 valence electrons. The molecule has 0 fully saturated rings. The number of para-hydroxylation sites is 1. The van der Waals surface area contributed by atoms with Crippen molar-refractivity contribution in [3.05, 3.63) is 52.7 Å². The average Bonchev–Trinajstić information content (AvgIpc) is 3.19. The lowest BCUT2D eigenvalue weighted by Crippen LogP contribution is -2.13. The van der Waals surface area contributed by atoms with Gasteiger partial charge in [0.15, 0.2) is 0 Å². The molecule has 1 N–H and O–H groups in total. The van der Waals surface area contributed by atoms with E-state index in [2.05, 4.69) is 10.5 Å². The van der Waals surface area contributed by atoms with Crippen molar-refractivity contribution in [2.24, 2.45) is 0 Å². The maximum absolute atomic E-state index is 12.3. The first kappa shape index (κ1) is 14.3. The number of hydrogen-bond donors (Lipinski definition) is 1. The van der Waals surface area contributed by atoms with Gasteiger partial charge in [0.2, 0.25) is 5.88 Å². The van der Waals surface area contributed by atoms with Crippen LogP contribution in [0.25, 0.3) is 11.3 Å². The molecule has 1 aromatic carbocycles. The van der Waals surface area contributed by atoms with Crippen molar-refractivity contribution < 1.29 is 14.1 Å². The Morgan fingerprint density at radius 1 is 1.36 bits per heavy atom. The van der Waals surface area contributed by atoms with E-state index >= 15 is 0 Å². The fourth-order valence-corrected chi connectivity index (χ4v) is 2.64. The van der Waals surface area contributed by atoms with E-state index in [4.69, 9.17) is 9.26 Å². The van der Waals surface area contributed by atoms with Gasteiger partial charge in [0.25, 0.3) is 5.91 Å². The second kappa shape index (κ2) is 6.44. The summed E-state index contributed by atoms with van der Waals surface area (Å²) in [6.07, 6.45) is 0. The summed E-state index contributed by atoms with van der Waals surface area (Å²) in [5, 5.41) is 10.6. The summed E-state index contributed by atoms with van der Waals surface area (Å²) in [5.74, 6) is 0.551. The highest BCUT2D eigenvalue weighted by Gasteiger charge is 2.15. The smallest absolute Gasteiger partial charge is 0.261 e. The van der Waals surface area contributed by atoms with E-state index in [0.29, 0.717) is 29.5 Å². The number of anilines is 1. The van der Waals surface area contributed by atoms with Crippen LogP contribution in [0.1, 0.15) is 17.3 Å². The lowest BCUT2D eigenvalue weighted by atomic mass is 10.2. The molecule has 5 nitrogen and oxygen atoms in total. The van der Waals surface area contributed by atoms with Gasteiger partial charge in [-0.1, -0.05) is 17.3 Å². The summed E-state index contributed by atoms with van der Waals surface area (Å²) in [5.41, 5.74) is 2.11. The number of nitrogens with zero attached hydrogens (tertiary/aromatic N) is 1. The van der Waals surface area contributed by atoms with E-state index < -0.39 is 0 Å². The Morgan fingerprint density at radius 2 is 2.23 bits per heavy atom. The summed E-state index contributed by atoms with van der Waals surface area (Å²) in [6.45, 7) is 2.37. The Morgan fingerprint density at radius 3 is 3.00 bits per heavy atom. The van der Waals surface area contributed by atoms with Gasteiger partial charge in [-0.3, -0.25) is 10.1 Å². The number of ether oxygens (including phenoxy) is 1. The Labute approximate surface area is 131 Å². The second-order valence-corrected chi connectivity index (χ2v) is 5.25. The summed E-state index contributed by atoms with van der Waals surface area (Å²) in [7, 11) is 0. The van der Waals surface area contributed by atoms with Crippen molar-refractivity contribution in [2.75, 3.05) is 11.9 Å². The molecular weight excluding hydrogens is 300 g/mol. The number of nitrogens with one attached hydrogen (secondary N) is 1. The highest BCUT2D eigenvalue weighted by Crippen LogP contribution is 2.25. The molecule has 2 heterocycles. The number of benzene rings is 1. The molecule has 0 saturated carbocycles. The van der Waals surface area contributed by atoms with Crippen molar-refractivity contribution in [3.8, 4) is 17.0 Å². The molecule has 22 heavy (non-hydrogen) atoms. The first-order valence-electron chi connectivity index (χ1n) is 6.80. The molecule has 2 aromatic heterocycles. The van der Waals surface area contributed by atoms with Crippen molar-refractivity contribution in [1.29, 1.82) is 0 Å². The third-order valence-corrected chi connectivity index (χ3v) is 3.68. The third kappa shape index (κ3) is 3.01. The molecule has 0 aliphatic carbocycles. The van der Waals surface area contributed by atoms with Gasteiger partial charge < -0.3 is 9.26 Å². The lowest BCUT2D eigenvalue weighted by molar-refractivity contribution is 0.102. The van der Waals surface area contributed by atoms with Crippen molar-refractivity contribution in [1.82, 2.24) is 5.16 Å². The predicted molar refractivity (Wildman–Crippen MR) is 85.4 cm³/mol. The van der Waals surface area contributed by atoms with E-state index in [-0.39, 0.29) is 5.91 Å². The number of carbonyl (C=O) groups is 1. The molecule has 1 amide bonds. The number of rotatable bonds is 5. The van der Waals surface area contributed by atoms with E-state index in [0.717, 1.165) is 5.56 Å². The summed E-state index contributed by atoms with van der Waals surface area (Å²) >= 11 is 1.58. The van der Waals surface area contributed by atoms with Crippen LogP contribution in [0.5, 0.6) is 5.75 Å². The summed E-state index contributed by atoms with van der Waals surface area (Å²) < 4.78 is 10.6. The zero-order valence-electron chi connectivity index (χ0n) is 11.9. The van der Waals surface area contributed by atoms with E-state index in [1.165, 1.54) is 0 Å². The van der Waals surface area contributed by atoms with Crippen LogP contribution in [-0.2, 0) is 0 Å². The second-order valence-electron chi connectivity index (χ2n) is 4.47. The number of aromatic nitrogens is 1. The average molecular weight is 314 g/mol. The topological polar surface area (TPSA) is 64.4 Å². The number of hydrogen-bond acceptors (Lipinski definition) is 5. The van der Waals surface area contributed by atoms with E-state index in [9.17, 15) is 4.79 Å². The molecule has 3 aromatic rings. The number of carbonyl (C=O) groups excluding carboxylic acids is 1. The van der Waals surface area contributed by atoms with Crippen LogP contribution in [0.4, 0.5) is 5.88 Å². The van der Waals surface area contributed by atoms with Crippen molar-refractivity contribution in [3.63, 3.8) is 0 Å². The standard InChI is InChI=1S/C16H14N2O3S/c1-2-20-14-6-4-3-5-12(14)16(19)17-15-9-13(18-21-15)11-7-8-22-10-11/h3-10H,2H2,1H3,(H,17,19). The Kier molecular flexibility index (Phi) is 4.20. The molecule has 0 unspecified atom stereocenters. The minimum Gasteiger partial charge on any atom is -0.493 e. The molecule has 3 rings (SSSR count). The van der Waals surface area contributed by atoms with Crippen LogP contribution in [0.2, 0.25) is 0 Å². The summed E-state index contributed by atoms with van der Waals surface area (Å²) in [4.78, 5) is 12.3. The highest BCUT2D eigenvalue weighted by molar-refractivity contribution is 7.08. The minimum absolute atomic E-state index is 0.294. The monoisotopic (exact) mass is 314 g/mol. The Bertz CT molecular complexity index is 765. The molecule has 0 bridgehead atoms. The molecule has 0 radical (unpaired) electrons. The number of amides is 1. The minimum atomic E-state index is -0.294. The molecule has 0 aliphatic rings. The van der Waals surface area contributed by atoms with Gasteiger partial charge in [-0.25, -0.2) is 0 Å². The van der Waals surface area contributed by atoms with Gasteiger partial charge in [0.05, 0.1) is 12.2 Å². The summed E-state index contributed by atoms with van der Waals surface area (Å²) in [6, 6.07) is 10.7. The normalized spacial score (nSPS) is 10.4. The van der Waals surface area contributed by atoms with Crippen LogP contribution in [0.15, 0.2) is 51.7 Å². The van der Waals surface area contributed by atoms with Crippen LogP contribution in [0, 0.1) is 0 Å². The zero-order valence-corrected chi connectivity index (χ0v) is 12.7. The molecule has 6 heteroatoms. The van der Waals surface area contributed by atoms with E-state index in [1.807, 2.05) is 29.8 Å². The van der Waals surface area contributed by atoms with Gasteiger partial charge >= 0.3 is 0 Å². The molecular formula is C16H14N2O3S. The first-order valence-corrected chi connectivity index (χ1v) is 7.74. The Hall–Kier alpha value is -2.60. The lowest BCUT2D eigenvalue weighted by Gasteiger charge is -2.08. The van der Waals surface area contributed by atoms with Crippen LogP contribution >= 0.6 is 11.3 Å².